The van der Waals surface area contributed by atoms with Gasteiger partial charge in [-0.25, -0.2) is 4.39 Å². The molecule has 1 amide bonds. The number of hydrogen-bond acceptors (Lipinski definition) is 1. The van der Waals surface area contributed by atoms with Gasteiger partial charge in [-0.2, -0.15) is 0 Å². The zero-order valence-corrected chi connectivity index (χ0v) is 12.7. The van der Waals surface area contributed by atoms with Gasteiger partial charge in [0, 0.05) is 11.4 Å². The topological polar surface area (TPSA) is 29.1 Å². The van der Waals surface area contributed by atoms with Crippen LogP contribution in [0.25, 0.3) is 0 Å². The summed E-state index contributed by atoms with van der Waals surface area (Å²) in [7, 11) is 0. The van der Waals surface area contributed by atoms with Crippen LogP contribution in [0, 0.1) is 12.7 Å². The Balaban J connectivity index is 2.28. The summed E-state index contributed by atoms with van der Waals surface area (Å²) in [4.78, 5) is 12.4. The molecule has 21 heavy (non-hydrogen) atoms. The minimum absolute atomic E-state index is 0.219. The Morgan fingerprint density at radius 2 is 1.90 bits per heavy atom. The highest BCUT2D eigenvalue weighted by Gasteiger charge is 2.28. The second kappa shape index (κ2) is 6.27. The first-order valence-electron chi connectivity index (χ1n) is 6.66. The molecule has 4 heteroatoms. The number of rotatable bonds is 4. The van der Waals surface area contributed by atoms with Crippen molar-refractivity contribution < 1.29 is 9.18 Å². The Labute approximate surface area is 128 Å². The molecule has 0 aliphatic rings. The summed E-state index contributed by atoms with van der Waals surface area (Å²) in [6, 6.07) is 13.7. The zero-order valence-electron chi connectivity index (χ0n) is 12.0. The van der Waals surface area contributed by atoms with Crippen LogP contribution in [-0.2, 0) is 5.54 Å². The number of nitrogens with one attached hydrogen (secondary N) is 1. The van der Waals surface area contributed by atoms with E-state index in [9.17, 15) is 9.18 Å². The van der Waals surface area contributed by atoms with Gasteiger partial charge in [0.1, 0.15) is 5.82 Å². The number of aryl methyl sites for hydroxylation is 1. The molecule has 0 saturated carbocycles. The van der Waals surface area contributed by atoms with Crippen molar-refractivity contribution in [2.75, 3.05) is 5.88 Å². The highest BCUT2D eigenvalue weighted by atomic mass is 35.5. The molecule has 2 aromatic carbocycles. The fourth-order valence-corrected chi connectivity index (χ4v) is 2.40. The van der Waals surface area contributed by atoms with Crippen molar-refractivity contribution in [1.29, 1.82) is 0 Å². The van der Waals surface area contributed by atoms with Gasteiger partial charge in [-0.15, -0.1) is 11.6 Å². The van der Waals surface area contributed by atoms with Crippen LogP contribution in [0.3, 0.4) is 0 Å². The van der Waals surface area contributed by atoms with E-state index in [-0.39, 0.29) is 11.8 Å². The maximum atomic E-state index is 13.4. The van der Waals surface area contributed by atoms with Crippen molar-refractivity contribution in [1.82, 2.24) is 5.32 Å². The Morgan fingerprint density at radius 1 is 1.24 bits per heavy atom. The number of halogens is 2. The molecule has 0 spiro atoms. The second-order valence-electron chi connectivity index (χ2n) is 5.30. The van der Waals surface area contributed by atoms with Gasteiger partial charge in [0.2, 0.25) is 0 Å². The molecule has 2 rings (SSSR count). The molecule has 0 fully saturated rings. The van der Waals surface area contributed by atoms with Crippen LogP contribution in [0.4, 0.5) is 4.39 Å². The van der Waals surface area contributed by atoms with E-state index in [2.05, 4.69) is 5.32 Å². The predicted octanol–water partition coefficient (Wildman–Crippen LogP) is 4.02. The van der Waals surface area contributed by atoms with Crippen LogP contribution in [-0.4, -0.2) is 11.8 Å². The summed E-state index contributed by atoms with van der Waals surface area (Å²) < 4.78 is 13.4. The van der Waals surface area contributed by atoms with Crippen molar-refractivity contribution in [3.8, 4) is 0 Å². The first-order chi connectivity index (χ1) is 9.94. The molecule has 0 bridgehead atoms. The van der Waals surface area contributed by atoms with Crippen LogP contribution in [0.15, 0.2) is 48.5 Å². The SMILES string of the molecule is Cc1cc(F)cc(C(=O)NC(C)(CCl)c2ccccc2)c1. The van der Waals surface area contributed by atoms with Gasteiger partial charge < -0.3 is 5.32 Å². The molecule has 0 aromatic heterocycles. The van der Waals surface area contributed by atoms with Gasteiger partial charge >= 0.3 is 0 Å². The van der Waals surface area contributed by atoms with Gasteiger partial charge in [-0.1, -0.05) is 30.3 Å². The minimum Gasteiger partial charge on any atom is -0.342 e. The fourth-order valence-electron chi connectivity index (χ4n) is 2.18. The third-order valence-electron chi connectivity index (χ3n) is 3.37. The van der Waals surface area contributed by atoms with Crippen LogP contribution >= 0.6 is 11.6 Å². The maximum absolute atomic E-state index is 13.4. The van der Waals surface area contributed by atoms with Gasteiger partial charge in [0.05, 0.1) is 5.54 Å². The number of benzene rings is 2. The van der Waals surface area contributed by atoms with Crippen LogP contribution < -0.4 is 5.32 Å². The Morgan fingerprint density at radius 3 is 2.48 bits per heavy atom. The zero-order chi connectivity index (χ0) is 15.5. The third-order valence-corrected chi connectivity index (χ3v) is 3.91. The molecular weight excluding hydrogens is 289 g/mol. The summed E-state index contributed by atoms with van der Waals surface area (Å²) in [5.74, 6) is -0.547. The van der Waals surface area contributed by atoms with Crippen molar-refractivity contribution >= 4 is 17.5 Å². The molecule has 0 saturated heterocycles. The van der Waals surface area contributed by atoms with Gasteiger partial charge in [0.15, 0.2) is 0 Å². The molecule has 0 heterocycles. The lowest BCUT2D eigenvalue weighted by Crippen LogP contribution is -2.45. The van der Waals surface area contributed by atoms with Gasteiger partial charge in [-0.05, 0) is 43.2 Å². The molecule has 1 N–H and O–H groups in total. The molecule has 110 valence electrons. The van der Waals surface area contributed by atoms with Crippen molar-refractivity contribution in [3.05, 3.63) is 71.0 Å². The fraction of sp³-hybridized carbons (Fsp3) is 0.235. The number of carbonyl (C=O) groups excluding carboxylic acids is 1. The van der Waals surface area contributed by atoms with Crippen LogP contribution in [0.5, 0.6) is 0 Å². The van der Waals surface area contributed by atoms with Crippen molar-refractivity contribution in [2.45, 2.75) is 19.4 Å². The number of hydrogen-bond donors (Lipinski definition) is 1. The summed E-state index contributed by atoms with van der Waals surface area (Å²) in [6.45, 7) is 3.59. The number of carbonyl (C=O) groups is 1. The molecule has 0 radical (unpaired) electrons. The quantitative estimate of drug-likeness (QED) is 0.849. The summed E-state index contributed by atoms with van der Waals surface area (Å²) in [5, 5.41) is 2.89. The lowest BCUT2D eigenvalue weighted by molar-refractivity contribution is 0.0912. The Hall–Kier alpha value is -1.87. The van der Waals surface area contributed by atoms with E-state index in [1.807, 2.05) is 37.3 Å². The summed E-state index contributed by atoms with van der Waals surface area (Å²) in [5.41, 5.74) is 1.19. The molecule has 0 aliphatic heterocycles. The van der Waals surface area contributed by atoms with E-state index in [0.29, 0.717) is 11.1 Å². The summed E-state index contributed by atoms with van der Waals surface area (Å²) >= 11 is 6.05. The summed E-state index contributed by atoms with van der Waals surface area (Å²) in [6.07, 6.45) is 0. The second-order valence-corrected chi connectivity index (χ2v) is 5.57. The maximum Gasteiger partial charge on any atom is 0.252 e. The minimum atomic E-state index is -0.708. The molecular formula is C17H17ClFNO. The third kappa shape index (κ3) is 3.61. The molecule has 2 nitrogen and oxygen atoms in total. The van der Waals surface area contributed by atoms with Crippen LogP contribution in [0.1, 0.15) is 28.4 Å². The van der Waals surface area contributed by atoms with Crippen molar-refractivity contribution in [3.63, 3.8) is 0 Å². The van der Waals surface area contributed by atoms with Gasteiger partial charge in [0.25, 0.3) is 5.91 Å². The van der Waals surface area contributed by atoms with E-state index in [1.165, 1.54) is 12.1 Å². The molecule has 1 unspecified atom stereocenters. The smallest absolute Gasteiger partial charge is 0.252 e. The van der Waals surface area contributed by atoms with E-state index in [0.717, 1.165) is 5.56 Å². The lowest BCUT2D eigenvalue weighted by atomic mass is 9.93. The Bertz CT molecular complexity index is 624. The van der Waals surface area contributed by atoms with E-state index >= 15 is 0 Å². The highest BCUT2D eigenvalue weighted by molar-refractivity contribution is 6.19. The van der Waals surface area contributed by atoms with E-state index in [4.69, 9.17) is 11.6 Å². The van der Waals surface area contributed by atoms with E-state index < -0.39 is 11.4 Å². The standard InChI is InChI=1S/C17H17ClFNO/c1-12-8-13(10-15(19)9-12)16(21)20-17(2,11-18)14-6-4-3-5-7-14/h3-10H,11H2,1-2H3,(H,20,21). The molecule has 1 atom stereocenters. The van der Waals surface area contributed by atoms with Crippen molar-refractivity contribution in [2.24, 2.45) is 0 Å². The number of alkyl halides is 1. The average molecular weight is 306 g/mol. The Kier molecular flexibility index (Phi) is 4.63. The monoisotopic (exact) mass is 305 g/mol. The van der Waals surface area contributed by atoms with E-state index in [1.54, 1.807) is 13.0 Å². The first kappa shape index (κ1) is 15.5. The van der Waals surface area contributed by atoms with Crippen LogP contribution in [0.2, 0.25) is 0 Å². The molecule has 0 aliphatic carbocycles. The number of amides is 1. The normalized spacial score (nSPS) is 13.5. The first-order valence-corrected chi connectivity index (χ1v) is 7.19. The highest BCUT2D eigenvalue weighted by Crippen LogP contribution is 2.23. The van der Waals surface area contributed by atoms with Gasteiger partial charge in [-0.3, -0.25) is 4.79 Å². The molecule has 2 aromatic rings. The average Bonchev–Trinajstić information content (AvgIpc) is 2.47. The predicted molar refractivity (Wildman–Crippen MR) is 83.1 cm³/mol. The largest absolute Gasteiger partial charge is 0.342 e. The lowest BCUT2D eigenvalue weighted by Gasteiger charge is -2.29.